The van der Waals surface area contributed by atoms with Crippen molar-refractivity contribution in [2.75, 3.05) is 11.8 Å². The van der Waals surface area contributed by atoms with Crippen LogP contribution in [0.2, 0.25) is 0 Å². The van der Waals surface area contributed by atoms with E-state index >= 15 is 0 Å². The number of aromatic nitrogens is 1. The second-order valence-electron chi connectivity index (χ2n) is 6.36. The smallest absolute Gasteiger partial charge is 0.263 e. The minimum absolute atomic E-state index is 0.00246. The third kappa shape index (κ3) is 3.42. The summed E-state index contributed by atoms with van der Waals surface area (Å²) < 4.78 is 60.3. The first-order chi connectivity index (χ1) is 14.3. The number of rotatable bonds is 6. The fourth-order valence-corrected chi connectivity index (χ4v) is 5.78. The molecule has 1 aromatic heterocycles. The van der Waals surface area contributed by atoms with E-state index in [4.69, 9.17) is 4.74 Å². The Kier molecular flexibility index (Phi) is 5.00. The van der Waals surface area contributed by atoms with Gasteiger partial charge in [0.05, 0.1) is 22.4 Å². The van der Waals surface area contributed by atoms with Gasteiger partial charge in [-0.15, -0.1) is 0 Å². The van der Waals surface area contributed by atoms with Gasteiger partial charge in [0.2, 0.25) is 9.84 Å². The molecule has 0 spiro atoms. The molecular formula is C21H17N2O5S2. The number of H-pyrrole nitrogens is 1. The summed E-state index contributed by atoms with van der Waals surface area (Å²) in [6, 6.07) is 21.5. The molecule has 0 bridgehead atoms. The Labute approximate surface area is 174 Å². The highest BCUT2D eigenvalue weighted by molar-refractivity contribution is 7.93. The monoisotopic (exact) mass is 441 g/mol. The molecular weight excluding hydrogens is 424 g/mol. The first kappa shape index (κ1) is 20.0. The fraction of sp³-hybridized carbons (Fsp3) is 0.0476. The predicted molar refractivity (Wildman–Crippen MR) is 113 cm³/mol. The van der Waals surface area contributed by atoms with Crippen LogP contribution >= 0.6 is 0 Å². The number of nitrogens with one attached hydrogen (secondary N) is 2. The summed E-state index contributed by atoms with van der Waals surface area (Å²) in [7, 11) is -6.68. The van der Waals surface area contributed by atoms with E-state index in [1.165, 1.54) is 37.4 Å². The molecule has 2 N–H and O–H groups in total. The molecule has 0 amide bonds. The molecule has 0 aliphatic carbocycles. The van der Waals surface area contributed by atoms with Crippen molar-refractivity contribution in [1.29, 1.82) is 0 Å². The summed E-state index contributed by atoms with van der Waals surface area (Å²) in [6.45, 7) is 0. The largest absolute Gasteiger partial charge is 0.495 e. The molecule has 0 saturated carbocycles. The Balaban J connectivity index is 1.97. The number of hydrogen-bond acceptors (Lipinski definition) is 5. The quantitative estimate of drug-likeness (QED) is 0.476. The number of benzene rings is 3. The van der Waals surface area contributed by atoms with Crippen LogP contribution in [-0.2, 0) is 19.9 Å². The van der Waals surface area contributed by atoms with E-state index < -0.39 is 19.9 Å². The van der Waals surface area contributed by atoms with Crippen LogP contribution < -0.4 is 9.46 Å². The van der Waals surface area contributed by atoms with Crippen molar-refractivity contribution in [2.24, 2.45) is 0 Å². The Bertz CT molecular complexity index is 1410. The molecule has 30 heavy (non-hydrogen) atoms. The lowest BCUT2D eigenvalue weighted by Crippen LogP contribution is -2.15. The maximum Gasteiger partial charge on any atom is 0.263 e. The van der Waals surface area contributed by atoms with Crippen molar-refractivity contribution in [1.82, 2.24) is 4.98 Å². The fourth-order valence-electron chi connectivity index (χ4n) is 3.11. The van der Waals surface area contributed by atoms with Gasteiger partial charge in [-0.2, -0.15) is 0 Å². The average Bonchev–Trinajstić information content (AvgIpc) is 3.13. The highest BCUT2D eigenvalue weighted by Gasteiger charge is 2.30. The number of methoxy groups -OCH3 is 1. The van der Waals surface area contributed by atoms with Gasteiger partial charge in [0.1, 0.15) is 16.5 Å². The van der Waals surface area contributed by atoms with E-state index in [-0.39, 0.29) is 25.9 Å². The standard InChI is InChI=1S/C21H17N2O5S2/c1-28-18-14-8-13-17-19(18)22-21(23-30(26,27)16-11-6-3-7-12-16)20(17)29(24,25)15-9-4-2-5-10-15/h2-12,14,22-23H,1H3. The maximum absolute atomic E-state index is 13.4. The molecule has 0 saturated heterocycles. The van der Waals surface area contributed by atoms with Crippen molar-refractivity contribution in [3.05, 3.63) is 78.9 Å². The second kappa shape index (κ2) is 7.51. The first-order valence-electron chi connectivity index (χ1n) is 8.83. The molecule has 1 radical (unpaired) electrons. The Hall–Kier alpha value is -3.30. The van der Waals surface area contributed by atoms with E-state index in [1.807, 2.05) is 0 Å². The van der Waals surface area contributed by atoms with Crippen LogP contribution in [0.15, 0.2) is 87.5 Å². The number of anilines is 1. The minimum Gasteiger partial charge on any atom is -0.495 e. The summed E-state index contributed by atoms with van der Waals surface area (Å²) in [5.74, 6) is 0.178. The molecule has 0 aliphatic rings. The van der Waals surface area contributed by atoms with E-state index in [0.717, 1.165) is 0 Å². The van der Waals surface area contributed by atoms with Gasteiger partial charge >= 0.3 is 0 Å². The minimum atomic E-state index is -4.08. The van der Waals surface area contributed by atoms with Crippen LogP contribution in [-0.4, -0.2) is 28.9 Å². The molecule has 4 aromatic rings. The Morgan fingerprint density at radius 1 is 0.867 bits per heavy atom. The number of sulfone groups is 1. The molecule has 0 unspecified atom stereocenters. The topological polar surface area (TPSA) is 105 Å². The van der Waals surface area contributed by atoms with Gasteiger partial charge in [0.25, 0.3) is 10.0 Å². The molecule has 153 valence electrons. The van der Waals surface area contributed by atoms with Crippen LogP contribution in [0.1, 0.15) is 0 Å². The lowest BCUT2D eigenvalue weighted by Gasteiger charge is -2.10. The lowest BCUT2D eigenvalue weighted by atomic mass is 10.2. The van der Waals surface area contributed by atoms with Gasteiger partial charge in [-0.3, -0.25) is 4.72 Å². The lowest BCUT2D eigenvalue weighted by molar-refractivity contribution is 0.419. The van der Waals surface area contributed by atoms with Gasteiger partial charge in [-0.05, 0) is 42.5 Å². The van der Waals surface area contributed by atoms with Crippen molar-refractivity contribution in [3.8, 4) is 5.75 Å². The maximum atomic E-state index is 13.4. The molecule has 3 aromatic carbocycles. The number of hydrogen-bond donors (Lipinski definition) is 2. The van der Waals surface area contributed by atoms with Crippen molar-refractivity contribution in [3.63, 3.8) is 0 Å². The highest BCUT2D eigenvalue weighted by Crippen LogP contribution is 2.38. The molecule has 0 atom stereocenters. The average molecular weight is 442 g/mol. The third-order valence-electron chi connectivity index (χ3n) is 4.49. The molecule has 4 rings (SSSR count). The third-order valence-corrected chi connectivity index (χ3v) is 7.70. The normalized spacial score (nSPS) is 12.0. The van der Waals surface area contributed by atoms with E-state index in [2.05, 4.69) is 15.8 Å². The Morgan fingerprint density at radius 3 is 2.07 bits per heavy atom. The van der Waals surface area contributed by atoms with E-state index in [1.54, 1.807) is 42.5 Å². The molecule has 0 aliphatic heterocycles. The van der Waals surface area contributed by atoms with Crippen molar-refractivity contribution < 1.29 is 21.6 Å². The molecule has 7 nitrogen and oxygen atoms in total. The van der Waals surface area contributed by atoms with E-state index in [9.17, 15) is 16.8 Å². The molecule has 9 heteroatoms. The summed E-state index contributed by atoms with van der Waals surface area (Å²) >= 11 is 0. The van der Waals surface area contributed by atoms with Crippen molar-refractivity contribution >= 4 is 36.6 Å². The van der Waals surface area contributed by atoms with Crippen LogP contribution in [0, 0.1) is 6.07 Å². The van der Waals surface area contributed by atoms with Gasteiger partial charge in [0, 0.05) is 5.39 Å². The molecule has 0 fully saturated rings. The van der Waals surface area contributed by atoms with E-state index in [0.29, 0.717) is 11.3 Å². The summed E-state index contributed by atoms with van der Waals surface area (Å²) in [6.07, 6.45) is 0. The summed E-state index contributed by atoms with van der Waals surface area (Å²) in [5.41, 5.74) is 0.320. The van der Waals surface area contributed by atoms with Crippen molar-refractivity contribution in [2.45, 2.75) is 14.7 Å². The van der Waals surface area contributed by atoms with Gasteiger partial charge in [-0.25, -0.2) is 16.8 Å². The summed E-state index contributed by atoms with van der Waals surface area (Å²) in [4.78, 5) is 2.67. The predicted octanol–water partition coefficient (Wildman–Crippen LogP) is 3.61. The second-order valence-corrected chi connectivity index (χ2v) is 9.93. The number of ether oxygens (including phenoxy) is 1. The zero-order valence-electron chi connectivity index (χ0n) is 15.8. The number of aromatic amines is 1. The SMILES string of the molecule is COc1cc[c]c2c(S(=O)(=O)c3ccccc3)c(NS(=O)(=O)c3ccccc3)[nH]c12. The van der Waals surface area contributed by atoms with Crippen LogP contribution in [0.5, 0.6) is 5.75 Å². The van der Waals surface area contributed by atoms with Gasteiger partial charge in [-0.1, -0.05) is 36.4 Å². The van der Waals surface area contributed by atoms with Crippen LogP contribution in [0.3, 0.4) is 0 Å². The highest BCUT2D eigenvalue weighted by atomic mass is 32.2. The number of sulfonamides is 1. The number of fused-ring (bicyclic) bond motifs is 1. The van der Waals surface area contributed by atoms with Crippen LogP contribution in [0.25, 0.3) is 10.9 Å². The zero-order chi connectivity index (χ0) is 21.4. The van der Waals surface area contributed by atoms with Gasteiger partial charge in [0.15, 0.2) is 0 Å². The Morgan fingerprint density at radius 2 is 1.47 bits per heavy atom. The zero-order valence-corrected chi connectivity index (χ0v) is 17.4. The molecule has 1 heterocycles. The van der Waals surface area contributed by atoms with Crippen LogP contribution in [0.4, 0.5) is 5.82 Å². The first-order valence-corrected chi connectivity index (χ1v) is 11.8. The summed E-state index contributed by atoms with van der Waals surface area (Å²) in [5, 5.41) is 0.198. The van der Waals surface area contributed by atoms with Gasteiger partial charge < -0.3 is 9.72 Å².